The van der Waals surface area contributed by atoms with Crippen molar-refractivity contribution in [2.24, 2.45) is 0 Å². The third kappa shape index (κ3) is 5.35. The standard InChI is InChI=1S/C23H27N7OS/c1-3-12-28-13-15-29(16-14-28)20-10-8-19(9-11-20)24-22(31)17-32-23-25-26-27-30(23)21-7-5-4-6-18(21)2/h3-11H,1,12-17H2,2H3,(H,24,31). The third-order valence-electron chi connectivity index (χ3n) is 5.39. The monoisotopic (exact) mass is 449 g/mol. The van der Waals surface area contributed by atoms with Crippen LogP contribution in [0.25, 0.3) is 5.69 Å². The van der Waals surface area contributed by atoms with E-state index in [0.717, 1.165) is 49.7 Å². The van der Waals surface area contributed by atoms with Gasteiger partial charge in [0.05, 0.1) is 11.4 Å². The molecule has 4 rings (SSSR count). The maximum absolute atomic E-state index is 12.5. The number of amides is 1. The second-order valence-corrected chi connectivity index (χ2v) is 8.56. The lowest BCUT2D eigenvalue weighted by molar-refractivity contribution is -0.113. The molecule has 1 amide bonds. The van der Waals surface area contributed by atoms with Crippen LogP contribution in [-0.4, -0.2) is 69.5 Å². The van der Waals surface area contributed by atoms with Crippen LogP contribution in [0.3, 0.4) is 0 Å². The number of aromatic nitrogens is 4. The van der Waals surface area contributed by atoms with Gasteiger partial charge in [-0.1, -0.05) is 36.0 Å². The fourth-order valence-electron chi connectivity index (χ4n) is 3.68. The van der Waals surface area contributed by atoms with Crippen LogP contribution in [0.2, 0.25) is 0 Å². The largest absolute Gasteiger partial charge is 0.369 e. The Hall–Kier alpha value is -3.17. The lowest BCUT2D eigenvalue weighted by atomic mass is 10.2. The Morgan fingerprint density at radius 3 is 2.59 bits per heavy atom. The van der Waals surface area contributed by atoms with E-state index in [1.807, 2.05) is 49.4 Å². The van der Waals surface area contributed by atoms with Crippen LogP contribution >= 0.6 is 11.8 Å². The van der Waals surface area contributed by atoms with E-state index in [-0.39, 0.29) is 11.7 Å². The predicted molar refractivity (Wildman–Crippen MR) is 129 cm³/mol. The van der Waals surface area contributed by atoms with Crippen molar-refractivity contribution in [3.63, 3.8) is 0 Å². The Morgan fingerprint density at radius 1 is 1.12 bits per heavy atom. The highest BCUT2D eigenvalue weighted by Crippen LogP contribution is 2.22. The SMILES string of the molecule is C=CCN1CCN(c2ccc(NC(=O)CSc3nnnn3-c3ccccc3C)cc2)CC1. The maximum Gasteiger partial charge on any atom is 0.234 e. The van der Waals surface area contributed by atoms with Crippen molar-refractivity contribution in [1.82, 2.24) is 25.1 Å². The van der Waals surface area contributed by atoms with Crippen molar-refractivity contribution < 1.29 is 4.79 Å². The number of nitrogens with one attached hydrogen (secondary N) is 1. The highest BCUT2D eigenvalue weighted by atomic mass is 32.2. The van der Waals surface area contributed by atoms with Gasteiger partial charge in [0.15, 0.2) is 0 Å². The number of anilines is 2. The fraction of sp³-hybridized carbons (Fsp3) is 0.304. The number of tetrazole rings is 1. The molecule has 2 aromatic carbocycles. The number of para-hydroxylation sites is 1. The number of nitrogens with zero attached hydrogens (tertiary/aromatic N) is 6. The number of carbonyl (C=O) groups is 1. The quantitative estimate of drug-likeness (QED) is 0.418. The third-order valence-corrected chi connectivity index (χ3v) is 6.31. The van der Waals surface area contributed by atoms with Crippen LogP contribution in [0.4, 0.5) is 11.4 Å². The van der Waals surface area contributed by atoms with Gasteiger partial charge >= 0.3 is 0 Å². The first-order chi connectivity index (χ1) is 15.6. The summed E-state index contributed by atoms with van der Waals surface area (Å²) in [6.45, 7) is 10.8. The molecule has 1 N–H and O–H groups in total. The van der Waals surface area contributed by atoms with Crippen LogP contribution in [0.5, 0.6) is 0 Å². The van der Waals surface area contributed by atoms with E-state index in [4.69, 9.17) is 0 Å². The average Bonchev–Trinajstić information content (AvgIpc) is 3.28. The second-order valence-electron chi connectivity index (χ2n) is 7.62. The molecule has 2 heterocycles. The molecular weight excluding hydrogens is 422 g/mol. The average molecular weight is 450 g/mol. The van der Waals surface area contributed by atoms with Gasteiger partial charge < -0.3 is 10.2 Å². The van der Waals surface area contributed by atoms with Crippen LogP contribution in [0.15, 0.2) is 66.3 Å². The van der Waals surface area contributed by atoms with E-state index in [1.165, 1.54) is 17.4 Å². The van der Waals surface area contributed by atoms with Gasteiger partial charge in [0.1, 0.15) is 0 Å². The van der Waals surface area contributed by atoms with Crippen molar-refractivity contribution in [3.8, 4) is 5.69 Å². The summed E-state index contributed by atoms with van der Waals surface area (Å²) in [7, 11) is 0. The molecule has 32 heavy (non-hydrogen) atoms. The van der Waals surface area contributed by atoms with E-state index < -0.39 is 0 Å². The van der Waals surface area contributed by atoms with Gasteiger partial charge in [0.2, 0.25) is 11.1 Å². The fourth-order valence-corrected chi connectivity index (χ4v) is 4.36. The molecule has 1 saturated heterocycles. The lowest BCUT2D eigenvalue weighted by Crippen LogP contribution is -2.46. The minimum atomic E-state index is -0.0971. The van der Waals surface area contributed by atoms with Crippen LogP contribution in [-0.2, 0) is 4.79 Å². The van der Waals surface area contributed by atoms with Crippen molar-refractivity contribution in [1.29, 1.82) is 0 Å². The van der Waals surface area contributed by atoms with Gasteiger partial charge in [-0.25, -0.2) is 0 Å². The number of benzene rings is 2. The second kappa shape index (κ2) is 10.4. The zero-order chi connectivity index (χ0) is 22.3. The highest BCUT2D eigenvalue weighted by Gasteiger charge is 2.16. The van der Waals surface area contributed by atoms with Gasteiger partial charge in [-0.15, -0.1) is 11.7 Å². The Balaban J connectivity index is 1.30. The summed E-state index contributed by atoms with van der Waals surface area (Å²) in [6.07, 6.45) is 1.95. The molecule has 0 saturated carbocycles. The van der Waals surface area contributed by atoms with Crippen LogP contribution < -0.4 is 10.2 Å². The topological polar surface area (TPSA) is 79.2 Å². The molecule has 0 bridgehead atoms. The van der Waals surface area contributed by atoms with Gasteiger partial charge in [-0.3, -0.25) is 9.69 Å². The summed E-state index contributed by atoms with van der Waals surface area (Å²) in [6, 6.07) is 15.9. The Morgan fingerprint density at radius 2 is 1.88 bits per heavy atom. The molecule has 0 radical (unpaired) electrons. The molecule has 1 aromatic heterocycles. The summed E-state index contributed by atoms with van der Waals surface area (Å²) in [5, 5.41) is 15.4. The van der Waals surface area contributed by atoms with Gasteiger partial charge in [-0.2, -0.15) is 4.68 Å². The lowest BCUT2D eigenvalue weighted by Gasteiger charge is -2.35. The molecular formula is C23H27N7OS. The van der Waals surface area contributed by atoms with Gasteiger partial charge in [0.25, 0.3) is 0 Å². The number of hydrogen-bond acceptors (Lipinski definition) is 7. The van der Waals surface area contributed by atoms with E-state index in [2.05, 4.69) is 49.4 Å². The molecule has 1 aliphatic rings. The summed E-state index contributed by atoms with van der Waals surface area (Å²) in [4.78, 5) is 17.2. The summed E-state index contributed by atoms with van der Waals surface area (Å²) >= 11 is 1.31. The van der Waals surface area contributed by atoms with Gasteiger partial charge in [0, 0.05) is 44.1 Å². The minimum Gasteiger partial charge on any atom is -0.369 e. The first kappa shape index (κ1) is 22.0. The molecule has 1 aliphatic heterocycles. The van der Waals surface area contributed by atoms with E-state index >= 15 is 0 Å². The Bertz CT molecular complexity index is 1060. The van der Waals surface area contributed by atoms with Gasteiger partial charge in [-0.05, 0) is 53.2 Å². The molecule has 0 spiro atoms. The molecule has 0 unspecified atom stereocenters. The molecule has 8 nitrogen and oxygen atoms in total. The predicted octanol–water partition coefficient (Wildman–Crippen LogP) is 3.01. The van der Waals surface area contributed by atoms with E-state index in [0.29, 0.717) is 5.16 Å². The Labute approximate surface area is 192 Å². The molecule has 166 valence electrons. The number of thioether (sulfide) groups is 1. The first-order valence-electron chi connectivity index (χ1n) is 10.6. The highest BCUT2D eigenvalue weighted by molar-refractivity contribution is 7.99. The first-order valence-corrected chi connectivity index (χ1v) is 11.6. The van der Waals surface area contributed by atoms with Crippen LogP contribution in [0.1, 0.15) is 5.56 Å². The summed E-state index contributed by atoms with van der Waals surface area (Å²) in [5.41, 5.74) is 3.92. The number of hydrogen-bond donors (Lipinski definition) is 1. The summed E-state index contributed by atoms with van der Waals surface area (Å²) in [5.74, 6) is 0.124. The molecule has 0 atom stereocenters. The van der Waals surface area contributed by atoms with Crippen LogP contribution in [0, 0.1) is 6.92 Å². The zero-order valence-corrected chi connectivity index (χ0v) is 19.0. The zero-order valence-electron chi connectivity index (χ0n) is 18.1. The normalized spacial score (nSPS) is 14.3. The van der Waals surface area contributed by atoms with Crippen molar-refractivity contribution in [2.45, 2.75) is 12.1 Å². The number of piperazine rings is 1. The molecule has 9 heteroatoms. The number of aryl methyl sites for hydroxylation is 1. The van der Waals surface area contributed by atoms with Crippen molar-refractivity contribution in [3.05, 3.63) is 66.7 Å². The minimum absolute atomic E-state index is 0.0971. The van der Waals surface area contributed by atoms with E-state index in [1.54, 1.807) is 4.68 Å². The summed E-state index contributed by atoms with van der Waals surface area (Å²) < 4.78 is 1.66. The van der Waals surface area contributed by atoms with E-state index in [9.17, 15) is 4.79 Å². The van der Waals surface area contributed by atoms with Crippen molar-refractivity contribution >= 4 is 29.0 Å². The Kier molecular flexibility index (Phi) is 7.18. The molecule has 1 fully saturated rings. The maximum atomic E-state index is 12.5. The smallest absolute Gasteiger partial charge is 0.234 e. The van der Waals surface area contributed by atoms with Crippen molar-refractivity contribution in [2.75, 3.05) is 48.7 Å². The number of carbonyl (C=O) groups excluding carboxylic acids is 1. The molecule has 3 aromatic rings. The number of rotatable bonds is 8. The molecule has 0 aliphatic carbocycles.